The average Bonchev–Trinajstić information content (AvgIpc) is 2.78. The summed E-state index contributed by atoms with van der Waals surface area (Å²) in [7, 11) is 1.39. The normalized spacial score (nSPS) is 19.1. The number of hydrogen-bond acceptors (Lipinski definition) is 3. The number of fused-ring (bicyclic) bond motifs is 1. The van der Waals surface area contributed by atoms with E-state index in [-0.39, 0.29) is 11.1 Å². The second-order valence-electron chi connectivity index (χ2n) is 9.38. The van der Waals surface area contributed by atoms with Gasteiger partial charge in [0.05, 0.1) is 7.11 Å². The van der Waals surface area contributed by atoms with Gasteiger partial charge in [0, 0.05) is 6.42 Å². The molecule has 4 heteroatoms. The Morgan fingerprint density at radius 3 is 2.29 bits per heavy atom. The number of benzene rings is 1. The lowest BCUT2D eigenvalue weighted by Gasteiger charge is -2.28. The molecule has 1 heterocycles. The fourth-order valence-electron chi connectivity index (χ4n) is 5.10. The van der Waals surface area contributed by atoms with Gasteiger partial charge in [0.2, 0.25) is 0 Å². The molecule has 0 radical (unpaired) electrons. The van der Waals surface area contributed by atoms with Gasteiger partial charge in [-0.25, -0.2) is 9.18 Å². The second kappa shape index (κ2) is 12.3. The van der Waals surface area contributed by atoms with Crippen molar-refractivity contribution in [2.75, 3.05) is 7.11 Å². The minimum atomic E-state index is -0.639. The van der Waals surface area contributed by atoms with Crippen molar-refractivity contribution < 1.29 is 13.5 Å². The van der Waals surface area contributed by atoms with Gasteiger partial charge in [-0.1, -0.05) is 90.0 Å². The van der Waals surface area contributed by atoms with E-state index in [0.717, 1.165) is 18.8 Å². The van der Waals surface area contributed by atoms with Crippen LogP contribution in [0, 0.1) is 17.7 Å². The molecule has 172 valence electrons. The molecule has 1 aliphatic carbocycles. The number of hydrogen-bond donors (Lipinski definition) is 0. The van der Waals surface area contributed by atoms with Crippen LogP contribution in [-0.4, -0.2) is 7.11 Å². The molecule has 0 N–H and O–H groups in total. The van der Waals surface area contributed by atoms with Crippen LogP contribution in [0.4, 0.5) is 4.39 Å². The Labute approximate surface area is 186 Å². The van der Waals surface area contributed by atoms with Gasteiger partial charge in [0.1, 0.15) is 11.1 Å². The Morgan fingerprint density at radius 1 is 0.968 bits per heavy atom. The summed E-state index contributed by atoms with van der Waals surface area (Å²) in [6.07, 6.45) is 18.1. The molecule has 1 aromatic carbocycles. The summed E-state index contributed by atoms with van der Waals surface area (Å²) >= 11 is 0. The minimum absolute atomic E-state index is 0.0195. The molecule has 31 heavy (non-hydrogen) atoms. The molecule has 0 saturated heterocycles. The lowest BCUT2D eigenvalue weighted by atomic mass is 9.78. The summed E-state index contributed by atoms with van der Waals surface area (Å²) in [6, 6.07) is 5.10. The highest BCUT2D eigenvalue weighted by atomic mass is 19.1. The summed E-state index contributed by atoms with van der Waals surface area (Å²) in [6.45, 7) is 2.27. The molecule has 0 amide bonds. The van der Waals surface area contributed by atoms with Crippen LogP contribution in [0.25, 0.3) is 10.8 Å². The highest BCUT2D eigenvalue weighted by molar-refractivity contribution is 5.83. The van der Waals surface area contributed by atoms with Crippen LogP contribution >= 0.6 is 0 Å². The first kappa shape index (κ1) is 23.8. The number of halogens is 1. The number of ether oxygens (including phenoxy) is 1. The quantitative estimate of drug-likeness (QED) is 0.322. The van der Waals surface area contributed by atoms with Crippen LogP contribution in [0.5, 0.6) is 5.75 Å². The first-order chi connectivity index (χ1) is 15.1. The molecule has 0 aliphatic heterocycles. The molecule has 0 unspecified atom stereocenters. The van der Waals surface area contributed by atoms with Crippen molar-refractivity contribution in [2.45, 2.75) is 96.8 Å². The second-order valence-corrected chi connectivity index (χ2v) is 9.38. The molecule has 1 saturated carbocycles. The molecule has 0 atom stereocenters. The maximum absolute atomic E-state index is 14.4. The number of unbranched alkanes of at least 4 members (excludes halogenated alkanes) is 6. The number of aryl methyl sites for hydroxylation is 1. The first-order valence-electron chi connectivity index (χ1n) is 12.4. The predicted octanol–water partition coefficient (Wildman–Crippen LogP) is 7.82. The Balaban J connectivity index is 1.41. The molecular weight excluding hydrogens is 391 g/mol. The van der Waals surface area contributed by atoms with Gasteiger partial charge < -0.3 is 9.15 Å². The third kappa shape index (κ3) is 6.82. The third-order valence-electron chi connectivity index (χ3n) is 7.08. The van der Waals surface area contributed by atoms with E-state index >= 15 is 0 Å². The van der Waals surface area contributed by atoms with Crippen LogP contribution in [0.3, 0.4) is 0 Å². The largest absolute Gasteiger partial charge is 0.494 e. The van der Waals surface area contributed by atoms with Crippen molar-refractivity contribution in [2.24, 2.45) is 11.8 Å². The zero-order valence-corrected chi connectivity index (χ0v) is 19.4. The monoisotopic (exact) mass is 430 g/mol. The van der Waals surface area contributed by atoms with E-state index in [1.165, 1.54) is 84.2 Å². The van der Waals surface area contributed by atoms with Crippen molar-refractivity contribution in [3.8, 4) is 5.75 Å². The van der Waals surface area contributed by atoms with Crippen LogP contribution < -0.4 is 10.4 Å². The van der Waals surface area contributed by atoms with E-state index in [0.29, 0.717) is 17.1 Å². The molecule has 0 spiro atoms. The summed E-state index contributed by atoms with van der Waals surface area (Å²) in [5.74, 6) is 1.70. The van der Waals surface area contributed by atoms with E-state index in [9.17, 15) is 9.18 Å². The molecular formula is C27H39FO3. The van der Waals surface area contributed by atoms with Gasteiger partial charge in [-0.15, -0.1) is 0 Å². The van der Waals surface area contributed by atoms with Gasteiger partial charge in [-0.05, 0) is 35.8 Å². The third-order valence-corrected chi connectivity index (χ3v) is 7.08. The van der Waals surface area contributed by atoms with E-state index in [1.54, 1.807) is 12.1 Å². The molecule has 1 aliphatic rings. The Bertz CT molecular complexity index is 865. The highest BCUT2D eigenvalue weighted by Gasteiger charge is 2.21. The van der Waals surface area contributed by atoms with Crippen molar-refractivity contribution in [3.05, 3.63) is 40.2 Å². The van der Waals surface area contributed by atoms with E-state index in [2.05, 4.69) is 6.92 Å². The van der Waals surface area contributed by atoms with Crippen molar-refractivity contribution >= 4 is 10.8 Å². The van der Waals surface area contributed by atoms with Gasteiger partial charge >= 0.3 is 5.63 Å². The zero-order chi connectivity index (χ0) is 22.1. The fourth-order valence-corrected chi connectivity index (χ4v) is 5.10. The van der Waals surface area contributed by atoms with Crippen molar-refractivity contribution in [1.82, 2.24) is 0 Å². The smallest absolute Gasteiger partial charge is 0.346 e. The Kier molecular flexibility index (Phi) is 9.42. The Morgan fingerprint density at radius 2 is 1.61 bits per heavy atom. The molecule has 1 aromatic heterocycles. The molecule has 0 bridgehead atoms. The van der Waals surface area contributed by atoms with Crippen LogP contribution in [0.15, 0.2) is 27.4 Å². The van der Waals surface area contributed by atoms with E-state index < -0.39 is 11.4 Å². The van der Waals surface area contributed by atoms with Gasteiger partial charge in [0.15, 0.2) is 11.6 Å². The zero-order valence-electron chi connectivity index (χ0n) is 19.4. The predicted molar refractivity (Wildman–Crippen MR) is 125 cm³/mol. The fraction of sp³-hybridized carbons (Fsp3) is 0.667. The summed E-state index contributed by atoms with van der Waals surface area (Å²) < 4.78 is 24.8. The first-order valence-corrected chi connectivity index (χ1v) is 12.4. The Hall–Kier alpha value is -1.84. The summed E-state index contributed by atoms with van der Waals surface area (Å²) in [4.78, 5) is 12.3. The summed E-state index contributed by atoms with van der Waals surface area (Å²) in [5.41, 5.74) is -0.609. The molecule has 3 rings (SSSR count). The molecule has 2 aromatic rings. The summed E-state index contributed by atoms with van der Waals surface area (Å²) in [5, 5.41) is 0.567. The van der Waals surface area contributed by atoms with Gasteiger partial charge in [-0.2, -0.15) is 0 Å². The number of methoxy groups -OCH3 is 1. The standard InChI is InChI=1S/C27H39FO3/c1-3-4-5-6-7-8-9-10-20-11-13-21(14-12-20)15-17-23-19-22-16-18-24(30-2)26(28)25(22)27(29)31-23/h16,18-21H,3-15,17H2,1-2H3. The lowest BCUT2D eigenvalue weighted by Crippen LogP contribution is -2.15. The topological polar surface area (TPSA) is 39.4 Å². The lowest BCUT2D eigenvalue weighted by molar-refractivity contribution is 0.245. The van der Waals surface area contributed by atoms with Crippen LogP contribution in [0.2, 0.25) is 0 Å². The maximum Gasteiger partial charge on any atom is 0.346 e. The SMILES string of the molecule is CCCCCCCCCC1CCC(CCc2cc3ccc(OC)c(F)c3c(=O)o2)CC1. The average molecular weight is 431 g/mol. The van der Waals surface area contributed by atoms with Gasteiger partial charge in [0.25, 0.3) is 0 Å². The van der Waals surface area contributed by atoms with Crippen LogP contribution in [0.1, 0.15) is 96.2 Å². The van der Waals surface area contributed by atoms with Crippen LogP contribution in [-0.2, 0) is 6.42 Å². The van der Waals surface area contributed by atoms with Crippen molar-refractivity contribution in [1.29, 1.82) is 0 Å². The van der Waals surface area contributed by atoms with Gasteiger partial charge in [-0.3, -0.25) is 0 Å². The number of rotatable bonds is 12. The van der Waals surface area contributed by atoms with E-state index in [4.69, 9.17) is 9.15 Å². The minimum Gasteiger partial charge on any atom is -0.494 e. The maximum atomic E-state index is 14.4. The highest BCUT2D eigenvalue weighted by Crippen LogP contribution is 2.34. The molecule has 1 fully saturated rings. The van der Waals surface area contributed by atoms with Crippen molar-refractivity contribution in [3.63, 3.8) is 0 Å². The van der Waals surface area contributed by atoms with E-state index in [1.807, 2.05) is 6.07 Å². The molecule has 3 nitrogen and oxygen atoms in total.